The number of anilines is 1. The zero-order valence-electron chi connectivity index (χ0n) is 18.0. The van der Waals surface area contributed by atoms with E-state index in [0.717, 1.165) is 17.7 Å². The van der Waals surface area contributed by atoms with Crippen LogP contribution in [0.1, 0.15) is 43.2 Å². The van der Waals surface area contributed by atoms with Gasteiger partial charge < -0.3 is 15.5 Å². The normalized spacial score (nSPS) is 18.1. The number of carbonyl (C=O) groups is 2. The summed E-state index contributed by atoms with van der Waals surface area (Å²) in [5, 5.41) is 14.6. The van der Waals surface area contributed by atoms with E-state index in [0.29, 0.717) is 38.9 Å². The molecule has 31 heavy (non-hydrogen) atoms. The van der Waals surface area contributed by atoms with E-state index in [1.807, 2.05) is 30.3 Å². The van der Waals surface area contributed by atoms with Crippen LogP contribution in [0.15, 0.2) is 54.6 Å². The first-order valence-corrected chi connectivity index (χ1v) is 10.9. The van der Waals surface area contributed by atoms with Gasteiger partial charge >= 0.3 is 6.03 Å². The molecular weight excluding hydrogens is 388 g/mol. The maximum Gasteiger partial charge on any atom is 0.317 e. The number of aryl methyl sites for hydroxylation is 1. The minimum absolute atomic E-state index is 0.0663. The van der Waals surface area contributed by atoms with Crippen molar-refractivity contribution < 1.29 is 9.59 Å². The smallest absolute Gasteiger partial charge is 0.317 e. The van der Waals surface area contributed by atoms with Crippen molar-refractivity contribution in [3.8, 4) is 6.07 Å². The summed E-state index contributed by atoms with van der Waals surface area (Å²) in [5.41, 5.74) is 3.18. The number of carbonyl (C=O) groups excluding carboxylic acids is 2. The molecule has 0 aliphatic carbocycles. The van der Waals surface area contributed by atoms with Crippen LogP contribution < -0.4 is 10.6 Å². The molecule has 0 radical (unpaired) electrons. The van der Waals surface area contributed by atoms with Gasteiger partial charge in [-0.3, -0.25) is 4.79 Å². The molecule has 1 heterocycles. The lowest BCUT2D eigenvalue weighted by Crippen LogP contribution is -2.50. The van der Waals surface area contributed by atoms with Crippen LogP contribution in [0.2, 0.25) is 0 Å². The van der Waals surface area contributed by atoms with Gasteiger partial charge in [0.05, 0.1) is 12.0 Å². The summed E-state index contributed by atoms with van der Waals surface area (Å²) in [5.74, 6) is -0.269. The molecule has 0 spiro atoms. The van der Waals surface area contributed by atoms with E-state index in [-0.39, 0.29) is 23.8 Å². The number of para-hydroxylation sites is 1. The molecule has 6 heteroatoms. The topological polar surface area (TPSA) is 85.2 Å². The number of nitriles is 1. The fourth-order valence-corrected chi connectivity index (χ4v) is 3.96. The second-order valence-corrected chi connectivity index (χ2v) is 7.98. The molecule has 2 atom stereocenters. The van der Waals surface area contributed by atoms with Gasteiger partial charge in [0.2, 0.25) is 5.91 Å². The van der Waals surface area contributed by atoms with E-state index in [1.165, 1.54) is 5.56 Å². The van der Waals surface area contributed by atoms with E-state index in [1.54, 1.807) is 4.90 Å². The van der Waals surface area contributed by atoms with Crippen molar-refractivity contribution in [3.05, 3.63) is 65.7 Å². The van der Waals surface area contributed by atoms with E-state index in [9.17, 15) is 9.59 Å². The first-order valence-electron chi connectivity index (χ1n) is 10.9. The molecule has 1 aliphatic rings. The maximum absolute atomic E-state index is 13.0. The molecule has 2 aromatic carbocycles. The Morgan fingerprint density at radius 1 is 1.10 bits per heavy atom. The quantitative estimate of drug-likeness (QED) is 0.657. The van der Waals surface area contributed by atoms with Crippen LogP contribution in [0, 0.1) is 17.2 Å². The van der Waals surface area contributed by atoms with Crippen molar-refractivity contribution in [2.24, 2.45) is 5.92 Å². The lowest BCUT2D eigenvalue weighted by Gasteiger charge is -2.37. The van der Waals surface area contributed by atoms with Gasteiger partial charge in [0.15, 0.2) is 0 Å². The number of amides is 3. The molecule has 0 bridgehead atoms. The molecule has 162 valence electrons. The fraction of sp³-hybridized carbons (Fsp3) is 0.400. The Hall–Kier alpha value is -3.33. The van der Waals surface area contributed by atoms with E-state index < -0.39 is 0 Å². The summed E-state index contributed by atoms with van der Waals surface area (Å²) in [7, 11) is 0. The molecule has 2 N–H and O–H groups in total. The number of benzene rings is 2. The molecule has 2 aromatic rings. The van der Waals surface area contributed by atoms with Crippen molar-refractivity contribution >= 4 is 17.6 Å². The Labute approximate surface area is 184 Å². The first-order chi connectivity index (χ1) is 15.1. The number of urea groups is 1. The Balaban J connectivity index is 1.73. The Bertz CT molecular complexity index is 905. The Morgan fingerprint density at radius 3 is 2.52 bits per heavy atom. The van der Waals surface area contributed by atoms with Crippen LogP contribution in [0.25, 0.3) is 0 Å². The van der Waals surface area contributed by atoms with Gasteiger partial charge in [-0.15, -0.1) is 0 Å². The molecule has 0 aromatic heterocycles. The zero-order valence-corrected chi connectivity index (χ0v) is 18.0. The number of unbranched alkanes of at least 4 members (excludes halogenated alkanes) is 1. The summed E-state index contributed by atoms with van der Waals surface area (Å²) in [6.07, 6.45) is 2.71. The summed E-state index contributed by atoms with van der Waals surface area (Å²) >= 11 is 0. The molecular formula is C25H30N4O2. The average molecular weight is 419 g/mol. The highest BCUT2D eigenvalue weighted by Crippen LogP contribution is 2.31. The summed E-state index contributed by atoms with van der Waals surface area (Å²) in [4.78, 5) is 27.5. The minimum atomic E-state index is -0.297. The molecule has 3 amide bonds. The molecule has 0 saturated carbocycles. The number of nitrogens with zero attached hydrogens (tertiary/aromatic N) is 2. The van der Waals surface area contributed by atoms with Gasteiger partial charge in [-0.1, -0.05) is 49.4 Å². The lowest BCUT2D eigenvalue weighted by atomic mass is 9.83. The standard InChI is InChI=1S/C25H30N4O2/c1-2-19-10-12-20(13-11-19)21-16-22(24(30)28-23-8-4-3-5-9-23)18-29(17-21)25(31)27-15-7-6-14-26/h3-5,8-13,21-22H,2,6-7,15-18H2,1H3,(H,27,31)(H,28,30). The lowest BCUT2D eigenvalue weighted by molar-refractivity contribution is -0.121. The molecule has 6 nitrogen and oxygen atoms in total. The van der Waals surface area contributed by atoms with Gasteiger partial charge in [-0.05, 0) is 42.5 Å². The van der Waals surface area contributed by atoms with Crippen LogP contribution in [0.5, 0.6) is 0 Å². The van der Waals surface area contributed by atoms with Crippen LogP contribution in [-0.4, -0.2) is 36.5 Å². The highest BCUT2D eigenvalue weighted by Gasteiger charge is 2.34. The SMILES string of the molecule is CCc1ccc(C2CC(C(=O)Nc3ccccc3)CN(C(=O)NCCCC#N)C2)cc1. The zero-order chi connectivity index (χ0) is 22.1. The third kappa shape index (κ3) is 6.32. The van der Waals surface area contributed by atoms with Crippen molar-refractivity contribution in [2.75, 3.05) is 25.0 Å². The van der Waals surface area contributed by atoms with Gasteiger partial charge in [0.1, 0.15) is 0 Å². The van der Waals surface area contributed by atoms with E-state index in [2.05, 4.69) is 47.9 Å². The number of likely N-dealkylation sites (tertiary alicyclic amines) is 1. The second kappa shape index (κ2) is 11.2. The number of hydrogen-bond donors (Lipinski definition) is 2. The Morgan fingerprint density at radius 2 is 1.84 bits per heavy atom. The molecule has 1 fully saturated rings. The predicted octanol–water partition coefficient (Wildman–Crippen LogP) is 4.31. The minimum Gasteiger partial charge on any atom is -0.338 e. The summed E-state index contributed by atoms with van der Waals surface area (Å²) < 4.78 is 0. The third-order valence-electron chi connectivity index (χ3n) is 5.75. The average Bonchev–Trinajstić information content (AvgIpc) is 2.82. The monoisotopic (exact) mass is 418 g/mol. The number of nitrogens with one attached hydrogen (secondary N) is 2. The highest BCUT2D eigenvalue weighted by molar-refractivity contribution is 5.93. The second-order valence-electron chi connectivity index (χ2n) is 7.98. The van der Waals surface area contributed by atoms with E-state index >= 15 is 0 Å². The first kappa shape index (κ1) is 22.4. The maximum atomic E-state index is 13.0. The van der Waals surface area contributed by atoms with Crippen molar-refractivity contribution in [1.29, 1.82) is 5.26 Å². The van der Waals surface area contributed by atoms with Gasteiger partial charge in [0, 0.05) is 37.7 Å². The number of piperidine rings is 1. The third-order valence-corrected chi connectivity index (χ3v) is 5.75. The van der Waals surface area contributed by atoms with Gasteiger partial charge in [0.25, 0.3) is 0 Å². The highest BCUT2D eigenvalue weighted by atomic mass is 16.2. The van der Waals surface area contributed by atoms with E-state index in [4.69, 9.17) is 5.26 Å². The van der Waals surface area contributed by atoms with Crippen LogP contribution >= 0.6 is 0 Å². The van der Waals surface area contributed by atoms with Gasteiger partial charge in [-0.25, -0.2) is 4.79 Å². The fourth-order valence-electron chi connectivity index (χ4n) is 3.96. The van der Waals surface area contributed by atoms with Crippen LogP contribution in [0.3, 0.4) is 0 Å². The Kier molecular flexibility index (Phi) is 8.05. The van der Waals surface area contributed by atoms with Crippen LogP contribution in [-0.2, 0) is 11.2 Å². The molecule has 2 unspecified atom stereocenters. The van der Waals surface area contributed by atoms with Crippen molar-refractivity contribution in [2.45, 2.75) is 38.5 Å². The number of hydrogen-bond acceptors (Lipinski definition) is 3. The van der Waals surface area contributed by atoms with Crippen LogP contribution in [0.4, 0.5) is 10.5 Å². The van der Waals surface area contributed by atoms with Crippen molar-refractivity contribution in [3.63, 3.8) is 0 Å². The number of rotatable bonds is 7. The summed E-state index contributed by atoms with van der Waals surface area (Å²) in [6.45, 7) is 3.54. The van der Waals surface area contributed by atoms with Crippen molar-refractivity contribution in [1.82, 2.24) is 10.2 Å². The largest absolute Gasteiger partial charge is 0.338 e. The van der Waals surface area contributed by atoms with Gasteiger partial charge in [-0.2, -0.15) is 5.26 Å². The summed E-state index contributed by atoms with van der Waals surface area (Å²) in [6, 6.07) is 19.8. The molecule has 1 saturated heterocycles. The predicted molar refractivity (Wildman–Crippen MR) is 122 cm³/mol. The molecule has 3 rings (SSSR count). The molecule has 1 aliphatic heterocycles.